The van der Waals surface area contributed by atoms with Crippen LogP contribution in [0.4, 0.5) is 10.5 Å². The number of benzene rings is 1. The first kappa shape index (κ1) is 24.0. The predicted octanol–water partition coefficient (Wildman–Crippen LogP) is 2.65. The first-order valence-corrected chi connectivity index (χ1v) is 10.4. The van der Waals surface area contributed by atoms with Crippen LogP contribution in [0.1, 0.15) is 38.1 Å². The Hall–Kier alpha value is -2.32. The largest absolute Gasteiger partial charge is 0.491 e. The molecular weight excluding hydrogens is 384 g/mol. The summed E-state index contributed by atoms with van der Waals surface area (Å²) < 4.78 is 11.7. The van der Waals surface area contributed by atoms with Crippen molar-refractivity contribution in [2.45, 2.75) is 45.9 Å². The minimum atomic E-state index is -0.299. The zero-order valence-corrected chi connectivity index (χ0v) is 19.2. The molecule has 0 aromatic heterocycles. The number of urea groups is 1. The number of carbonyl (C=O) groups is 2. The number of likely N-dealkylation sites (N-methyl/N-ethyl adjacent to an activating group) is 2. The van der Waals surface area contributed by atoms with Gasteiger partial charge < -0.3 is 25.0 Å². The Kier molecular flexibility index (Phi) is 8.49. The molecule has 0 spiro atoms. The number of amides is 3. The summed E-state index contributed by atoms with van der Waals surface area (Å²) in [6.07, 6.45) is -0.0712. The van der Waals surface area contributed by atoms with E-state index < -0.39 is 0 Å². The Balaban J connectivity index is 2.34. The third kappa shape index (κ3) is 6.34. The van der Waals surface area contributed by atoms with E-state index in [-0.39, 0.29) is 36.0 Å². The number of fused-ring (bicyclic) bond motifs is 1. The van der Waals surface area contributed by atoms with Gasteiger partial charge in [-0.1, -0.05) is 6.92 Å². The smallest absolute Gasteiger partial charge is 0.319 e. The van der Waals surface area contributed by atoms with Gasteiger partial charge in [0.2, 0.25) is 0 Å². The predicted molar refractivity (Wildman–Crippen MR) is 118 cm³/mol. The number of hydrogen-bond acceptors (Lipinski definition) is 5. The number of rotatable bonds is 3. The van der Waals surface area contributed by atoms with Crippen LogP contribution in [0, 0.1) is 5.92 Å². The average Bonchev–Trinajstić information content (AvgIpc) is 2.67. The second kappa shape index (κ2) is 10.6. The molecule has 8 nitrogen and oxygen atoms in total. The van der Waals surface area contributed by atoms with Crippen molar-refractivity contribution in [2.75, 3.05) is 46.2 Å². The number of nitrogens with zero attached hydrogens (tertiary/aromatic N) is 2. The van der Waals surface area contributed by atoms with E-state index in [2.05, 4.69) is 36.4 Å². The molecular formula is C22H36N4O4. The molecule has 30 heavy (non-hydrogen) atoms. The van der Waals surface area contributed by atoms with E-state index >= 15 is 0 Å². The van der Waals surface area contributed by atoms with Gasteiger partial charge >= 0.3 is 6.03 Å². The number of hydrogen-bond donors (Lipinski definition) is 2. The zero-order chi connectivity index (χ0) is 22.4. The molecule has 1 aromatic rings. The molecule has 3 amide bonds. The molecule has 1 aliphatic rings. The van der Waals surface area contributed by atoms with Gasteiger partial charge in [0.1, 0.15) is 12.4 Å². The second-order valence-corrected chi connectivity index (χ2v) is 8.50. The molecule has 168 valence electrons. The summed E-state index contributed by atoms with van der Waals surface area (Å²) in [5, 5.41) is 5.58. The van der Waals surface area contributed by atoms with Crippen LogP contribution >= 0.6 is 0 Å². The number of nitrogens with one attached hydrogen (secondary N) is 2. The summed E-state index contributed by atoms with van der Waals surface area (Å²) in [6.45, 7) is 9.74. The first-order valence-electron chi connectivity index (χ1n) is 10.4. The van der Waals surface area contributed by atoms with Crippen LogP contribution in [0.5, 0.6) is 5.75 Å². The highest BCUT2D eigenvalue weighted by molar-refractivity contribution is 5.98. The van der Waals surface area contributed by atoms with Crippen LogP contribution in [0.3, 0.4) is 0 Å². The fraction of sp³-hybridized carbons (Fsp3) is 0.636. The van der Waals surface area contributed by atoms with Gasteiger partial charge in [-0.15, -0.1) is 0 Å². The van der Waals surface area contributed by atoms with Gasteiger partial charge in [-0.3, -0.25) is 9.69 Å². The van der Waals surface area contributed by atoms with Crippen molar-refractivity contribution < 1.29 is 19.1 Å². The van der Waals surface area contributed by atoms with Gasteiger partial charge in [0, 0.05) is 51.1 Å². The summed E-state index contributed by atoms with van der Waals surface area (Å²) in [7, 11) is 5.52. The third-order valence-electron chi connectivity index (χ3n) is 5.44. The molecule has 0 aliphatic carbocycles. The highest BCUT2D eigenvalue weighted by Gasteiger charge is 2.27. The monoisotopic (exact) mass is 420 g/mol. The van der Waals surface area contributed by atoms with E-state index in [1.54, 1.807) is 37.3 Å². The van der Waals surface area contributed by atoms with E-state index in [9.17, 15) is 9.59 Å². The lowest BCUT2D eigenvalue weighted by Gasteiger charge is -2.34. The minimum Gasteiger partial charge on any atom is -0.491 e. The highest BCUT2D eigenvalue weighted by Crippen LogP contribution is 2.26. The van der Waals surface area contributed by atoms with Crippen molar-refractivity contribution >= 4 is 17.6 Å². The van der Waals surface area contributed by atoms with E-state index in [1.807, 2.05) is 13.8 Å². The van der Waals surface area contributed by atoms with Crippen molar-refractivity contribution in [3.63, 3.8) is 0 Å². The zero-order valence-electron chi connectivity index (χ0n) is 19.2. The van der Waals surface area contributed by atoms with Crippen LogP contribution in [0.2, 0.25) is 0 Å². The Labute approximate surface area is 179 Å². The van der Waals surface area contributed by atoms with Crippen molar-refractivity contribution in [3.8, 4) is 5.75 Å². The Bertz CT molecular complexity index is 740. The van der Waals surface area contributed by atoms with Crippen LogP contribution in [0.15, 0.2) is 18.2 Å². The minimum absolute atomic E-state index is 0.0215. The molecule has 0 saturated heterocycles. The fourth-order valence-electron chi connectivity index (χ4n) is 3.46. The Morgan fingerprint density at radius 1 is 1.23 bits per heavy atom. The number of carbonyl (C=O) groups excluding carboxylic acids is 2. The normalized spacial score (nSPS) is 23.8. The summed E-state index contributed by atoms with van der Waals surface area (Å²) in [4.78, 5) is 29.1. The summed E-state index contributed by atoms with van der Waals surface area (Å²) in [6, 6.07) is 4.98. The topological polar surface area (TPSA) is 83.1 Å². The van der Waals surface area contributed by atoms with E-state index in [0.717, 1.165) is 6.54 Å². The molecule has 8 heteroatoms. The maximum atomic E-state index is 13.1. The SMILES string of the molecule is CO[C@H]1CN(C)C(=O)c2ccc(NC(=O)NC(C)C)cc2OC[C@@H](C)N(C)C[C@@H]1C. The molecule has 0 unspecified atom stereocenters. The summed E-state index contributed by atoms with van der Waals surface area (Å²) in [5.74, 6) is 0.568. The van der Waals surface area contributed by atoms with Crippen molar-refractivity contribution in [2.24, 2.45) is 5.92 Å². The van der Waals surface area contributed by atoms with Crippen LogP contribution in [-0.4, -0.2) is 80.8 Å². The Morgan fingerprint density at radius 3 is 2.57 bits per heavy atom. The van der Waals surface area contributed by atoms with Crippen LogP contribution in [0.25, 0.3) is 0 Å². The summed E-state index contributed by atoms with van der Waals surface area (Å²) >= 11 is 0. The lowest BCUT2D eigenvalue weighted by atomic mass is 10.0. The van der Waals surface area contributed by atoms with Gasteiger partial charge in [0.15, 0.2) is 0 Å². The van der Waals surface area contributed by atoms with Gasteiger partial charge in [-0.2, -0.15) is 0 Å². The lowest BCUT2D eigenvalue weighted by molar-refractivity contribution is 0.0150. The van der Waals surface area contributed by atoms with Gasteiger partial charge in [-0.25, -0.2) is 4.79 Å². The number of ether oxygens (including phenoxy) is 2. The van der Waals surface area contributed by atoms with Crippen molar-refractivity contribution in [1.29, 1.82) is 0 Å². The average molecular weight is 421 g/mol. The maximum absolute atomic E-state index is 13.1. The van der Waals surface area contributed by atoms with Gasteiger partial charge in [0.25, 0.3) is 5.91 Å². The summed E-state index contributed by atoms with van der Waals surface area (Å²) in [5.41, 5.74) is 1.03. The standard InChI is InChI=1S/C22H36N4O4/c1-14(2)23-22(28)24-17-8-9-18-19(10-17)30-13-16(4)25(5)11-15(3)20(29-7)12-26(6)21(18)27/h8-10,14-16,20H,11-13H2,1-7H3,(H2,23,24,28)/t15-,16+,20-/m0/s1. The lowest BCUT2D eigenvalue weighted by Crippen LogP contribution is -2.45. The first-order chi connectivity index (χ1) is 14.1. The molecule has 0 fully saturated rings. The van der Waals surface area contributed by atoms with Crippen LogP contribution in [-0.2, 0) is 4.74 Å². The van der Waals surface area contributed by atoms with E-state index in [0.29, 0.717) is 30.2 Å². The molecule has 0 saturated carbocycles. The molecule has 0 bridgehead atoms. The molecule has 1 aromatic carbocycles. The molecule has 0 radical (unpaired) electrons. The molecule has 3 atom stereocenters. The van der Waals surface area contributed by atoms with E-state index in [1.165, 1.54) is 0 Å². The highest BCUT2D eigenvalue weighted by atomic mass is 16.5. The van der Waals surface area contributed by atoms with Gasteiger partial charge in [-0.05, 0) is 45.9 Å². The number of methoxy groups -OCH3 is 1. The maximum Gasteiger partial charge on any atom is 0.319 e. The molecule has 1 aliphatic heterocycles. The quantitative estimate of drug-likeness (QED) is 0.786. The second-order valence-electron chi connectivity index (χ2n) is 8.50. The van der Waals surface area contributed by atoms with Gasteiger partial charge in [0.05, 0.1) is 11.7 Å². The Morgan fingerprint density at radius 2 is 1.93 bits per heavy atom. The van der Waals surface area contributed by atoms with Crippen LogP contribution < -0.4 is 15.4 Å². The van der Waals surface area contributed by atoms with Crippen molar-refractivity contribution in [3.05, 3.63) is 23.8 Å². The number of anilines is 1. The van der Waals surface area contributed by atoms with Crippen molar-refractivity contribution in [1.82, 2.24) is 15.1 Å². The fourth-order valence-corrected chi connectivity index (χ4v) is 3.46. The molecule has 2 N–H and O–H groups in total. The molecule has 1 heterocycles. The third-order valence-corrected chi connectivity index (χ3v) is 5.44. The van der Waals surface area contributed by atoms with E-state index in [4.69, 9.17) is 9.47 Å². The molecule has 2 rings (SSSR count).